The van der Waals surface area contributed by atoms with E-state index in [1.54, 1.807) is 0 Å². The van der Waals surface area contributed by atoms with Crippen molar-refractivity contribution in [3.8, 4) is 0 Å². The number of nitrogens with one attached hydrogen (secondary N) is 1. The highest BCUT2D eigenvalue weighted by Gasteiger charge is 2.12. The van der Waals surface area contributed by atoms with Gasteiger partial charge in [0.2, 0.25) is 0 Å². The van der Waals surface area contributed by atoms with E-state index in [0.29, 0.717) is 6.04 Å². The third-order valence-corrected chi connectivity index (χ3v) is 3.87. The summed E-state index contributed by atoms with van der Waals surface area (Å²) in [5, 5.41) is 3.67. The molecule has 0 saturated heterocycles. The molecule has 0 aliphatic rings. The Morgan fingerprint density at radius 1 is 1.12 bits per heavy atom. The zero-order valence-corrected chi connectivity index (χ0v) is 12.0. The van der Waals surface area contributed by atoms with Crippen molar-refractivity contribution in [3.63, 3.8) is 0 Å². The quantitative estimate of drug-likeness (QED) is 0.776. The minimum Gasteiger partial charge on any atom is -0.310 e. The summed E-state index contributed by atoms with van der Waals surface area (Å²) < 4.78 is 0. The Balaban J connectivity index is 2.57. The summed E-state index contributed by atoms with van der Waals surface area (Å²) in [4.78, 5) is 0. The van der Waals surface area contributed by atoms with Gasteiger partial charge in [-0.15, -0.1) is 0 Å². The van der Waals surface area contributed by atoms with Crippen molar-refractivity contribution >= 4 is 0 Å². The zero-order chi connectivity index (χ0) is 12.8. The van der Waals surface area contributed by atoms with Gasteiger partial charge in [-0.1, -0.05) is 50.5 Å². The Morgan fingerprint density at radius 3 is 2.35 bits per heavy atom. The van der Waals surface area contributed by atoms with Crippen molar-refractivity contribution in [2.24, 2.45) is 5.92 Å². The molecule has 0 radical (unpaired) electrons. The molecule has 1 N–H and O–H groups in total. The van der Waals surface area contributed by atoms with Gasteiger partial charge in [-0.05, 0) is 37.8 Å². The van der Waals surface area contributed by atoms with Crippen molar-refractivity contribution < 1.29 is 0 Å². The molecule has 1 aromatic carbocycles. The molecule has 1 atom stereocenters. The summed E-state index contributed by atoms with van der Waals surface area (Å²) in [5.41, 5.74) is 4.17. The summed E-state index contributed by atoms with van der Waals surface area (Å²) >= 11 is 0. The van der Waals surface area contributed by atoms with Crippen LogP contribution in [0.3, 0.4) is 0 Å². The molecule has 0 aliphatic carbocycles. The molecule has 1 nitrogen and oxygen atoms in total. The molecule has 0 aliphatic heterocycles. The van der Waals surface area contributed by atoms with Crippen LogP contribution >= 0.6 is 0 Å². The molecule has 0 saturated carbocycles. The third kappa shape index (κ3) is 4.16. The molecule has 0 fully saturated rings. The molecule has 0 spiro atoms. The fraction of sp³-hybridized carbons (Fsp3) is 0.625. The van der Waals surface area contributed by atoms with Gasteiger partial charge < -0.3 is 5.32 Å². The van der Waals surface area contributed by atoms with Crippen LogP contribution in [0.5, 0.6) is 0 Å². The van der Waals surface area contributed by atoms with Gasteiger partial charge in [0.05, 0.1) is 0 Å². The summed E-state index contributed by atoms with van der Waals surface area (Å²) in [6, 6.07) is 7.30. The molecule has 1 heteroatoms. The van der Waals surface area contributed by atoms with Gasteiger partial charge in [0.25, 0.3) is 0 Å². The molecule has 96 valence electrons. The molecule has 0 amide bonds. The van der Waals surface area contributed by atoms with Crippen LogP contribution in [0.25, 0.3) is 0 Å². The second-order valence-corrected chi connectivity index (χ2v) is 5.18. The second-order valence-electron chi connectivity index (χ2n) is 5.18. The van der Waals surface area contributed by atoms with Crippen LogP contribution in [0.4, 0.5) is 0 Å². The van der Waals surface area contributed by atoms with Gasteiger partial charge in [-0.25, -0.2) is 0 Å². The lowest BCUT2D eigenvalue weighted by Gasteiger charge is -2.23. The molecule has 1 unspecified atom stereocenters. The monoisotopic (exact) mass is 233 g/mol. The smallest absolute Gasteiger partial charge is 0.0210 e. The summed E-state index contributed by atoms with van der Waals surface area (Å²) in [5.74, 6) is 0.792. The first-order chi connectivity index (χ1) is 8.08. The number of hydrogen-bond donors (Lipinski definition) is 1. The highest BCUT2D eigenvalue weighted by atomic mass is 14.9. The van der Waals surface area contributed by atoms with Crippen LogP contribution in [-0.2, 0) is 6.54 Å². The van der Waals surface area contributed by atoms with Gasteiger partial charge in [0.15, 0.2) is 0 Å². The first kappa shape index (κ1) is 14.2. The maximum atomic E-state index is 3.67. The van der Waals surface area contributed by atoms with E-state index >= 15 is 0 Å². The van der Waals surface area contributed by atoms with E-state index in [2.05, 4.69) is 58.1 Å². The van der Waals surface area contributed by atoms with E-state index in [4.69, 9.17) is 0 Å². The van der Waals surface area contributed by atoms with Crippen molar-refractivity contribution in [1.82, 2.24) is 5.32 Å². The summed E-state index contributed by atoms with van der Waals surface area (Å²) in [6.07, 6.45) is 2.52. The number of benzene rings is 1. The predicted molar refractivity (Wildman–Crippen MR) is 76.3 cm³/mol. The SMILES string of the molecule is CCC(CC)C(C)NCc1cc(C)ccc1C. The lowest BCUT2D eigenvalue weighted by Crippen LogP contribution is -2.32. The minimum atomic E-state index is 0.602. The normalized spacial score (nSPS) is 13.1. The van der Waals surface area contributed by atoms with Gasteiger partial charge >= 0.3 is 0 Å². The molecule has 0 aromatic heterocycles. The number of rotatable bonds is 6. The summed E-state index contributed by atoms with van der Waals surface area (Å²) in [6.45, 7) is 12.2. The van der Waals surface area contributed by atoms with Crippen LogP contribution in [0.2, 0.25) is 0 Å². The number of aryl methyl sites for hydroxylation is 2. The number of hydrogen-bond acceptors (Lipinski definition) is 1. The van der Waals surface area contributed by atoms with Crippen molar-refractivity contribution in [1.29, 1.82) is 0 Å². The van der Waals surface area contributed by atoms with Gasteiger partial charge in [-0.2, -0.15) is 0 Å². The molecule has 0 bridgehead atoms. The topological polar surface area (TPSA) is 12.0 Å². The second kappa shape index (κ2) is 6.80. The average molecular weight is 233 g/mol. The predicted octanol–water partition coefficient (Wildman–Crippen LogP) is 4.22. The van der Waals surface area contributed by atoms with Crippen LogP contribution in [0, 0.1) is 19.8 Å². The van der Waals surface area contributed by atoms with Crippen LogP contribution in [-0.4, -0.2) is 6.04 Å². The Hall–Kier alpha value is -0.820. The van der Waals surface area contributed by atoms with Crippen LogP contribution in [0.1, 0.15) is 50.3 Å². The van der Waals surface area contributed by atoms with E-state index in [0.717, 1.165) is 12.5 Å². The van der Waals surface area contributed by atoms with Crippen molar-refractivity contribution in [3.05, 3.63) is 34.9 Å². The van der Waals surface area contributed by atoms with Gasteiger partial charge in [-0.3, -0.25) is 0 Å². The van der Waals surface area contributed by atoms with E-state index in [1.807, 2.05) is 0 Å². The van der Waals surface area contributed by atoms with Crippen LogP contribution < -0.4 is 5.32 Å². The Kier molecular flexibility index (Phi) is 5.70. The summed E-state index contributed by atoms with van der Waals surface area (Å²) in [7, 11) is 0. The molecule has 1 rings (SSSR count). The molecule has 17 heavy (non-hydrogen) atoms. The Morgan fingerprint density at radius 2 is 1.76 bits per heavy atom. The Labute approximate surface area is 107 Å². The molecule has 0 heterocycles. The highest BCUT2D eigenvalue weighted by molar-refractivity contribution is 5.30. The molecule has 1 aromatic rings. The third-order valence-electron chi connectivity index (χ3n) is 3.87. The van der Waals surface area contributed by atoms with Gasteiger partial charge in [0.1, 0.15) is 0 Å². The van der Waals surface area contributed by atoms with Crippen molar-refractivity contribution in [2.45, 2.75) is 60.0 Å². The standard InChI is InChI=1S/C16H27N/c1-6-15(7-2)14(5)17-11-16-10-12(3)8-9-13(16)4/h8-10,14-15,17H,6-7,11H2,1-5H3. The van der Waals surface area contributed by atoms with E-state index in [1.165, 1.54) is 29.5 Å². The lowest BCUT2D eigenvalue weighted by atomic mass is 9.95. The highest BCUT2D eigenvalue weighted by Crippen LogP contribution is 2.15. The molecular formula is C16H27N. The first-order valence-electron chi connectivity index (χ1n) is 6.88. The van der Waals surface area contributed by atoms with Crippen LogP contribution in [0.15, 0.2) is 18.2 Å². The minimum absolute atomic E-state index is 0.602. The van der Waals surface area contributed by atoms with E-state index < -0.39 is 0 Å². The molecular weight excluding hydrogens is 206 g/mol. The largest absolute Gasteiger partial charge is 0.310 e. The van der Waals surface area contributed by atoms with E-state index in [-0.39, 0.29) is 0 Å². The maximum Gasteiger partial charge on any atom is 0.0210 e. The lowest BCUT2D eigenvalue weighted by molar-refractivity contribution is 0.353. The first-order valence-corrected chi connectivity index (χ1v) is 6.88. The Bertz CT molecular complexity index is 339. The fourth-order valence-electron chi connectivity index (χ4n) is 2.42. The van der Waals surface area contributed by atoms with Crippen molar-refractivity contribution in [2.75, 3.05) is 0 Å². The fourth-order valence-corrected chi connectivity index (χ4v) is 2.42. The maximum absolute atomic E-state index is 3.67. The zero-order valence-electron chi connectivity index (χ0n) is 12.0. The van der Waals surface area contributed by atoms with E-state index in [9.17, 15) is 0 Å². The average Bonchev–Trinajstić information content (AvgIpc) is 2.32. The van der Waals surface area contributed by atoms with Gasteiger partial charge in [0, 0.05) is 12.6 Å².